The van der Waals surface area contributed by atoms with Crippen LogP contribution in [0.5, 0.6) is 0 Å². The Bertz CT molecular complexity index is 243. The largest absolute Gasteiger partial charge is 0.401 e. The van der Waals surface area contributed by atoms with E-state index in [4.69, 9.17) is 0 Å². The van der Waals surface area contributed by atoms with Crippen molar-refractivity contribution in [3.8, 4) is 0 Å². The maximum atomic E-state index is 12.4. The summed E-state index contributed by atoms with van der Waals surface area (Å²) in [6.45, 7) is 2.82. The van der Waals surface area contributed by atoms with Crippen LogP contribution in [0.25, 0.3) is 0 Å². The summed E-state index contributed by atoms with van der Waals surface area (Å²) in [6.07, 6.45) is 2.68. The van der Waals surface area contributed by atoms with Crippen LogP contribution >= 0.6 is 0 Å². The third kappa shape index (κ3) is 7.16. The summed E-state index contributed by atoms with van der Waals surface area (Å²) in [5, 5.41) is 3.52. The van der Waals surface area contributed by atoms with Crippen molar-refractivity contribution in [3.63, 3.8) is 0 Å². The minimum atomic E-state index is -4.09. The van der Waals surface area contributed by atoms with E-state index in [9.17, 15) is 13.2 Å². The summed E-state index contributed by atoms with van der Waals surface area (Å²) in [4.78, 5) is 1.43. The first-order chi connectivity index (χ1) is 8.92. The van der Waals surface area contributed by atoms with Crippen LogP contribution in [0.2, 0.25) is 0 Å². The van der Waals surface area contributed by atoms with Crippen molar-refractivity contribution in [2.75, 3.05) is 26.7 Å². The van der Waals surface area contributed by atoms with Crippen LogP contribution in [0, 0.1) is 5.92 Å². The molecule has 0 radical (unpaired) electrons. The lowest BCUT2D eigenvalue weighted by molar-refractivity contribution is -0.144. The van der Waals surface area contributed by atoms with Gasteiger partial charge >= 0.3 is 6.18 Å². The third-order valence-electron chi connectivity index (χ3n) is 3.81. The first-order valence-electron chi connectivity index (χ1n) is 7.41. The molecule has 0 bridgehead atoms. The normalized spacial score (nSPS) is 25.6. The molecule has 1 N–H and O–H groups in total. The first kappa shape index (κ1) is 16.8. The van der Waals surface area contributed by atoms with Gasteiger partial charge in [0.15, 0.2) is 0 Å². The first-order valence-corrected chi connectivity index (χ1v) is 7.41. The molecule has 2 nitrogen and oxygen atoms in total. The number of alkyl halides is 3. The van der Waals surface area contributed by atoms with E-state index < -0.39 is 12.7 Å². The Kier molecular flexibility index (Phi) is 7.15. The smallest absolute Gasteiger partial charge is 0.314 e. The van der Waals surface area contributed by atoms with Gasteiger partial charge in [-0.3, -0.25) is 4.90 Å². The minimum Gasteiger partial charge on any atom is -0.314 e. The molecule has 114 valence electrons. The van der Waals surface area contributed by atoms with Crippen molar-refractivity contribution in [2.24, 2.45) is 5.92 Å². The van der Waals surface area contributed by atoms with Gasteiger partial charge < -0.3 is 5.32 Å². The second-order valence-corrected chi connectivity index (χ2v) is 5.77. The standard InChI is InChI=1S/C14H27F3N2/c1-3-9-18-13-8-6-4-5-7-12(13)10-19(2)11-14(15,16)17/h12-13,18H,3-11H2,1-2H3. The van der Waals surface area contributed by atoms with Gasteiger partial charge in [0, 0.05) is 12.6 Å². The van der Waals surface area contributed by atoms with E-state index in [2.05, 4.69) is 12.2 Å². The minimum absolute atomic E-state index is 0.349. The van der Waals surface area contributed by atoms with Crippen LogP contribution in [0.15, 0.2) is 0 Å². The van der Waals surface area contributed by atoms with Gasteiger partial charge in [-0.05, 0) is 38.8 Å². The molecule has 2 atom stereocenters. The quantitative estimate of drug-likeness (QED) is 0.750. The van der Waals surface area contributed by atoms with Crippen LogP contribution in [0.3, 0.4) is 0 Å². The molecule has 1 saturated carbocycles. The molecule has 0 heterocycles. The molecular weight excluding hydrogens is 253 g/mol. The number of hydrogen-bond donors (Lipinski definition) is 1. The number of nitrogens with zero attached hydrogens (tertiary/aromatic N) is 1. The average Bonchev–Trinajstić information content (AvgIpc) is 2.49. The van der Waals surface area contributed by atoms with E-state index in [0.29, 0.717) is 18.5 Å². The molecule has 0 aromatic heterocycles. The molecule has 1 rings (SSSR count). The Labute approximate surface area is 114 Å². The van der Waals surface area contributed by atoms with Crippen LogP contribution in [-0.2, 0) is 0 Å². The average molecular weight is 280 g/mol. The number of nitrogens with one attached hydrogen (secondary N) is 1. The van der Waals surface area contributed by atoms with Crippen LogP contribution in [0.1, 0.15) is 45.4 Å². The molecular formula is C14H27F3N2. The Morgan fingerprint density at radius 1 is 1.16 bits per heavy atom. The fourth-order valence-corrected chi connectivity index (χ4v) is 2.97. The highest BCUT2D eigenvalue weighted by Gasteiger charge is 2.31. The Morgan fingerprint density at radius 2 is 1.84 bits per heavy atom. The van der Waals surface area contributed by atoms with E-state index in [-0.39, 0.29) is 0 Å². The van der Waals surface area contributed by atoms with Crippen molar-refractivity contribution in [3.05, 3.63) is 0 Å². The SMILES string of the molecule is CCCNC1CCCCCC1CN(C)CC(F)(F)F. The second-order valence-electron chi connectivity index (χ2n) is 5.77. The lowest BCUT2D eigenvalue weighted by atomic mass is 9.94. The van der Waals surface area contributed by atoms with Crippen LogP contribution < -0.4 is 5.32 Å². The van der Waals surface area contributed by atoms with Crippen molar-refractivity contribution in [2.45, 2.75) is 57.7 Å². The molecule has 2 unspecified atom stereocenters. The second kappa shape index (κ2) is 8.10. The Balaban J connectivity index is 2.49. The zero-order valence-electron chi connectivity index (χ0n) is 12.1. The molecule has 0 saturated heterocycles. The van der Waals surface area contributed by atoms with Crippen molar-refractivity contribution in [1.82, 2.24) is 10.2 Å². The molecule has 1 aliphatic carbocycles. The van der Waals surface area contributed by atoms with Crippen molar-refractivity contribution in [1.29, 1.82) is 0 Å². The topological polar surface area (TPSA) is 15.3 Å². The highest BCUT2D eigenvalue weighted by Crippen LogP contribution is 2.25. The van der Waals surface area contributed by atoms with Gasteiger partial charge in [-0.1, -0.05) is 26.2 Å². The Morgan fingerprint density at radius 3 is 2.47 bits per heavy atom. The van der Waals surface area contributed by atoms with Gasteiger partial charge in [0.05, 0.1) is 6.54 Å². The number of hydrogen-bond acceptors (Lipinski definition) is 2. The molecule has 19 heavy (non-hydrogen) atoms. The zero-order valence-corrected chi connectivity index (χ0v) is 12.1. The van der Waals surface area contributed by atoms with E-state index >= 15 is 0 Å². The van der Waals surface area contributed by atoms with E-state index in [1.165, 1.54) is 17.7 Å². The summed E-state index contributed by atoms with van der Waals surface area (Å²) in [6, 6.07) is 0.387. The highest BCUT2D eigenvalue weighted by atomic mass is 19.4. The molecule has 0 amide bonds. The molecule has 1 fully saturated rings. The number of halogens is 3. The summed E-state index contributed by atoms with van der Waals surface area (Å²) in [5.74, 6) is 0.349. The van der Waals surface area contributed by atoms with Gasteiger partial charge in [-0.2, -0.15) is 13.2 Å². The highest BCUT2D eigenvalue weighted by molar-refractivity contribution is 4.81. The summed E-state index contributed by atoms with van der Waals surface area (Å²) < 4.78 is 37.1. The third-order valence-corrected chi connectivity index (χ3v) is 3.81. The summed E-state index contributed by atoms with van der Waals surface area (Å²) in [7, 11) is 1.58. The van der Waals surface area contributed by atoms with E-state index in [0.717, 1.165) is 32.2 Å². The van der Waals surface area contributed by atoms with E-state index in [1.54, 1.807) is 7.05 Å². The van der Waals surface area contributed by atoms with Gasteiger partial charge in [-0.15, -0.1) is 0 Å². The molecule has 0 aromatic carbocycles. The molecule has 5 heteroatoms. The van der Waals surface area contributed by atoms with Gasteiger partial charge in [0.25, 0.3) is 0 Å². The summed E-state index contributed by atoms with van der Waals surface area (Å²) in [5.41, 5.74) is 0. The van der Waals surface area contributed by atoms with Crippen molar-refractivity contribution >= 4 is 0 Å². The predicted octanol–water partition coefficient (Wildman–Crippen LogP) is 3.43. The zero-order chi connectivity index (χ0) is 14.3. The molecule has 0 aliphatic heterocycles. The fraction of sp³-hybridized carbons (Fsp3) is 1.00. The van der Waals surface area contributed by atoms with Gasteiger partial charge in [0.2, 0.25) is 0 Å². The maximum absolute atomic E-state index is 12.4. The lowest BCUT2D eigenvalue weighted by Crippen LogP contribution is -2.43. The molecule has 0 spiro atoms. The van der Waals surface area contributed by atoms with Crippen LogP contribution in [0.4, 0.5) is 13.2 Å². The molecule has 1 aliphatic rings. The number of rotatable bonds is 6. The lowest BCUT2D eigenvalue weighted by Gasteiger charge is -2.30. The summed E-state index contributed by atoms with van der Waals surface area (Å²) >= 11 is 0. The molecule has 0 aromatic rings. The van der Waals surface area contributed by atoms with Crippen molar-refractivity contribution < 1.29 is 13.2 Å². The van der Waals surface area contributed by atoms with E-state index in [1.807, 2.05) is 0 Å². The predicted molar refractivity (Wildman–Crippen MR) is 72.2 cm³/mol. The maximum Gasteiger partial charge on any atom is 0.401 e. The van der Waals surface area contributed by atoms with Gasteiger partial charge in [-0.25, -0.2) is 0 Å². The van der Waals surface area contributed by atoms with Gasteiger partial charge in [0.1, 0.15) is 0 Å². The Hall–Kier alpha value is -0.290. The fourth-order valence-electron chi connectivity index (χ4n) is 2.97. The van der Waals surface area contributed by atoms with Crippen LogP contribution in [-0.4, -0.2) is 43.8 Å². The monoisotopic (exact) mass is 280 g/mol.